The molecule has 7 nitrogen and oxygen atoms in total. The van der Waals surface area contributed by atoms with Crippen LogP contribution in [0.25, 0.3) is 16.6 Å². The van der Waals surface area contributed by atoms with Crippen LogP contribution in [0.15, 0.2) is 60.8 Å². The third kappa shape index (κ3) is 3.30. The lowest BCUT2D eigenvalue weighted by Gasteiger charge is -2.33. The topological polar surface area (TPSA) is 68.1 Å². The van der Waals surface area contributed by atoms with Crippen LogP contribution < -0.4 is 19.7 Å². The minimum atomic E-state index is -0.0685. The Kier molecular flexibility index (Phi) is 4.60. The van der Waals surface area contributed by atoms with Crippen molar-refractivity contribution in [3.8, 4) is 11.5 Å². The number of amides is 1. The number of fused-ring (bicyclic) bond motifs is 4. The molecule has 1 unspecified atom stereocenters. The molecule has 0 bridgehead atoms. The normalized spacial score (nSPS) is 17.8. The van der Waals surface area contributed by atoms with Gasteiger partial charge in [-0.2, -0.15) is 0 Å². The van der Waals surface area contributed by atoms with Crippen molar-refractivity contribution >= 4 is 28.3 Å². The van der Waals surface area contributed by atoms with E-state index >= 15 is 0 Å². The molecule has 2 aliphatic rings. The van der Waals surface area contributed by atoms with Gasteiger partial charge in [0.05, 0.1) is 22.5 Å². The van der Waals surface area contributed by atoms with Crippen LogP contribution in [0.1, 0.15) is 18.4 Å². The second kappa shape index (κ2) is 7.75. The molecule has 1 atom stereocenters. The van der Waals surface area contributed by atoms with E-state index in [1.54, 1.807) is 0 Å². The molecule has 1 fully saturated rings. The van der Waals surface area contributed by atoms with E-state index in [0.29, 0.717) is 13.1 Å². The lowest BCUT2D eigenvalue weighted by molar-refractivity contribution is -0.125. The highest BCUT2D eigenvalue weighted by molar-refractivity contribution is 5.86. The number of anilines is 1. The van der Waals surface area contributed by atoms with Gasteiger partial charge in [0, 0.05) is 25.8 Å². The van der Waals surface area contributed by atoms with Crippen molar-refractivity contribution < 1.29 is 14.3 Å². The Hall–Kier alpha value is -3.74. The number of hydrogen-bond acceptors (Lipinski definition) is 5. The molecular weight excluding hydrogens is 404 g/mol. The van der Waals surface area contributed by atoms with Crippen molar-refractivity contribution in [3.05, 3.63) is 66.4 Å². The standard InChI is InChI=1S/C25H24N4O3/c30-25(26-14-17-9-10-22-23(13-17)32-16-31-22)18-5-3-11-28(15-18)24-21-8-4-12-29(21)20-7-2-1-6-19(20)27-24/h1-2,4,6-10,12-13,18H,3,5,11,14-16H2,(H,26,30). The van der Waals surface area contributed by atoms with Gasteiger partial charge in [0.2, 0.25) is 12.7 Å². The zero-order valence-electron chi connectivity index (χ0n) is 17.7. The Morgan fingerprint density at radius 3 is 2.91 bits per heavy atom. The molecule has 0 radical (unpaired) electrons. The van der Waals surface area contributed by atoms with E-state index in [1.165, 1.54) is 0 Å². The summed E-state index contributed by atoms with van der Waals surface area (Å²) in [7, 11) is 0. The monoisotopic (exact) mass is 428 g/mol. The Morgan fingerprint density at radius 2 is 1.94 bits per heavy atom. The number of aromatic nitrogens is 2. The SMILES string of the molecule is O=C(NCc1ccc2c(c1)OCO2)C1CCCN(c2nc3ccccc3n3cccc23)C1. The highest BCUT2D eigenvalue weighted by Crippen LogP contribution is 2.33. The smallest absolute Gasteiger partial charge is 0.231 e. The van der Waals surface area contributed by atoms with Crippen LogP contribution in [0.5, 0.6) is 11.5 Å². The minimum Gasteiger partial charge on any atom is -0.454 e. The third-order valence-corrected chi connectivity index (χ3v) is 6.34. The second-order valence-corrected chi connectivity index (χ2v) is 8.38. The highest BCUT2D eigenvalue weighted by Gasteiger charge is 2.28. The van der Waals surface area contributed by atoms with E-state index in [-0.39, 0.29) is 18.6 Å². The number of benzene rings is 2. The van der Waals surface area contributed by atoms with E-state index in [1.807, 2.05) is 42.5 Å². The molecule has 4 heterocycles. The molecule has 0 aliphatic carbocycles. The molecular formula is C25H24N4O3. The summed E-state index contributed by atoms with van der Waals surface area (Å²) in [5, 5.41) is 3.11. The van der Waals surface area contributed by atoms with Gasteiger partial charge in [0.25, 0.3) is 0 Å². The van der Waals surface area contributed by atoms with Crippen molar-refractivity contribution in [1.29, 1.82) is 0 Å². The summed E-state index contributed by atoms with van der Waals surface area (Å²) in [6, 6.07) is 18.1. The van der Waals surface area contributed by atoms with Gasteiger partial charge in [0.1, 0.15) is 0 Å². The maximum Gasteiger partial charge on any atom is 0.231 e. The van der Waals surface area contributed by atoms with Gasteiger partial charge in [-0.25, -0.2) is 4.98 Å². The first kappa shape index (κ1) is 19.0. The summed E-state index contributed by atoms with van der Waals surface area (Å²) < 4.78 is 13.0. The molecule has 32 heavy (non-hydrogen) atoms. The number of ether oxygens (including phenoxy) is 2. The number of rotatable bonds is 4. The van der Waals surface area contributed by atoms with E-state index in [2.05, 4.69) is 32.9 Å². The van der Waals surface area contributed by atoms with Crippen molar-refractivity contribution in [1.82, 2.24) is 14.7 Å². The molecule has 162 valence electrons. The van der Waals surface area contributed by atoms with Crippen molar-refractivity contribution in [2.75, 3.05) is 24.8 Å². The van der Waals surface area contributed by atoms with Crippen molar-refractivity contribution in [2.24, 2.45) is 5.92 Å². The summed E-state index contributed by atoms with van der Waals surface area (Å²) in [4.78, 5) is 20.2. The van der Waals surface area contributed by atoms with Crippen LogP contribution in [-0.2, 0) is 11.3 Å². The van der Waals surface area contributed by atoms with E-state index in [9.17, 15) is 4.79 Å². The van der Waals surface area contributed by atoms with Gasteiger partial charge in [-0.1, -0.05) is 18.2 Å². The lowest BCUT2D eigenvalue weighted by atomic mass is 9.97. The largest absolute Gasteiger partial charge is 0.454 e. The molecule has 2 aromatic heterocycles. The highest BCUT2D eigenvalue weighted by atomic mass is 16.7. The summed E-state index contributed by atoms with van der Waals surface area (Å²) >= 11 is 0. The quantitative estimate of drug-likeness (QED) is 0.536. The maximum absolute atomic E-state index is 13.0. The van der Waals surface area contributed by atoms with Crippen LogP contribution in [0.4, 0.5) is 5.82 Å². The molecule has 1 N–H and O–H groups in total. The molecule has 6 rings (SSSR count). The Labute approximate surface area is 185 Å². The predicted octanol–water partition coefficient (Wildman–Crippen LogP) is 3.75. The molecule has 2 aromatic carbocycles. The zero-order chi connectivity index (χ0) is 21.5. The van der Waals surface area contributed by atoms with Crippen LogP contribution in [0.3, 0.4) is 0 Å². The van der Waals surface area contributed by atoms with Crippen molar-refractivity contribution in [2.45, 2.75) is 19.4 Å². The Balaban J connectivity index is 1.19. The zero-order valence-corrected chi connectivity index (χ0v) is 17.7. The first-order chi connectivity index (χ1) is 15.8. The predicted molar refractivity (Wildman–Crippen MR) is 122 cm³/mol. The van der Waals surface area contributed by atoms with Gasteiger partial charge >= 0.3 is 0 Å². The Morgan fingerprint density at radius 1 is 1.06 bits per heavy atom. The first-order valence-corrected chi connectivity index (χ1v) is 11.0. The summed E-state index contributed by atoms with van der Waals surface area (Å²) in [5.74, 6) is 2.45. The van der Waals surface area contributed by atoms with Gasteiger partial charge in [-0.15, -0.1) is 0 Å². The van der Waals surface area contributed by atoms with Gasteiger partial charge in [-0.05, 0) is 54.8 Å². The number of nitrogens with one attached hydrogen (secondary N) is 1. The number of carbonyl (C=O) groups is 1. The van der Waals surface area contributed by atoms with Crippen LogP contribution in [0.2, 0.25) is 0 Å². The average molecular weight is 428 g/mol. The van der Waals surface area contributed by atoms with Gasteiger partial charge in [0.15, 0.2) is 17.3 Å². The van der Waals surface area contributed by atoms with Crippen molar-refractivity contribution in [3.63, 3.8) is 0 Å². The fraction of sp³-hybridized carbons (Fsp3) is 0.280. The molecule has 4 aromatic rings. The number of para-hydroxylation sites is 2. The van der Waals surface area contributed by atoms with Gasteiger partial charge in [-0.3, -0.25) is 4.79 Å². The fourth-order valence-electron chi connectivity index (χ4n) is 4.71. The summed E-state index contributed by atoms with van der Waals surface area (Å²) in [6.45, 7) is 2.29. The number of carbonyl (C=O) groups excluding carboxylic acids is 1. The van der Waals surface area contributed by atoms with E-state index in [0.717, 1.165) is 58.8 Å². The molecule has 1 saturated heterocycles. The molecule has 0 saturated carbocycles. The Bertz CT molecular complexity index is 1320. The molecule has 2 aliphatic heterocycles. The fourth-order valence-corrected chi connectivity index (χ4v) is 4.71. The van der Waals surface area contributed by atoms with Crippen LogP contribution in [0, 0.1) is 5.92 Å². The van der Waals surface area contributed by atoms with E-state index in [4.69, 9.17) is 14.5 Å². The molecule has 0 spiro atoms. The summed E-state index contributed by atoms with van der Waals surface area (Å²) in [5.41, 5.74) is 4.12. The van der Waals surface area contributed by atoms with E-state index < -0.39 is 0 Å². The average Bonchev–Trinajstić information content (AvgIpc) is 3.51. The van der Waals surface area contributed by atoms with Crippen LogP contribution >= 0.6 is 0 Å². The number of piperidine rings is 1. The third-order valence-electron chi connectivity index (χ3n) is 6.34. The van der Waals surface area contributed by atoms with Crippen LogP contribution in [-0.4, -0.2) is 35.2 Å². The summed E-state index contributed by atoms with van der Waals surface area (Å²) in [6.07, 6.45) is 3.92. The molecule has 7 heteroatoms. The maximum atomic E-state index is 13.0. The molecule has 1 amide bonds. The second-order valence-electron chi connectivity index (χ2n) is 8.38. The van der Waals surface area contributed by atoms with Gasteiger partial charge < -0.3 is 24.1 Å². The number of hydrogen-bond donors (Lipinski definition) is 1. The lowest BCUT2D eigenvalue weighted by Crippen LogP contribution is -2.43. The first-order valence-electron chi connectivity index (χ1n) is 11.0. The number of nitrogens with zero attached hydrogens (tertiary/aromatic N) is 3. The minimum absolute atomic E-state index is 0.0685.